The number of amides is 1. The lowest BCUT2D eigenvalue weighted by molar-refractivity contribution is -0.115. The van der Waals surface area contributed by atoms with Crippen LogP contribution in [0.5, 0.6) is 0 Å². The van der Waals surface area contributed by atoms with Gasteiger partial charge in [-0.15, -0.1) is 0 Å². The van der Waals surface area contributed by atoms with Crippen molar-refractivity contribution in [3.05, 3.63) is 66.2 Å². The van der Waals surface area contributed by atoms with E-state index in [0.29, 0.717) is 36.5 Å². The third kappa shape index (κ3) is 2.93. The van der Waals surface area contributed by atoms with Gasteiger partial charge >= 0.3 is 0 Å². The van der Waals surface area contributed by atoms with E-state index in [1.165, 1.54) is 4.31 Å². The van der Waals surface area contributed by atoms with E-state index in [1.807, 2.05) is 30.3 Å². The van der Waals surface area contributed by atoms with Crippen LogP contribution in [0, 0.1) is 0 Å². The van der Waals surface area contributed by atoms with Crippen molar-refractivity contribution >= 4 is 21.6 Å². The zero-order chi connectivity index (χ0) is 18.2. The highest BCUT2D eigenvalue weighted by atomic mass is 32.2. The first-order valence-electron chi connectivity index (χ1n) is 8.53. The minimum atomic E-state index is -3.52. The van der Waals surface area contributed by atoms with Crippen LogP contribution in [0.25, 0.3) is 0 Å². The lowest BCUT2D eigenvalue weighted by atomic mass is 10.00. The zero-order valence-corrected chi connectivity index (χ0v) is 14.9. The first kappa shape index (κ1) is 16.9. The Morgan fingerprint density at radius 2 is 1.50 bits per heavy atom. The van der Waals surface area contributed by atoms with Crippen LogP contribution in [-0.4, -0.2) is 43.1 Å². The van der Waals surface area contributed by atoms with Gasteiger partial charge in [-0.25, -0.2) is 8.42 Å². The molecule has 2 heterocycles. The Labute approximate surface area is 152 Å². The molecule has 1 saturated heterocycles. The molecule has 2 aliphatic heterocycles. The molecule has 0 radical (unpaired) electrons. The third-order valence-electron chi connectivity index (χ3n) is 4.86. The lowest BCUT2D eigenvalue weighted by Gasteiger charge is -2.36. The van der Waals surface area contributed by atoms with Crippen LogP contribution >= 0.6 is 0 Å². The molecule has 0 unspecified atom stereocenters. The number of aliphatic imine (C=N–C) groups is 1. The minimum Gasteiger partial charge on any atom is -0.326 e. The number of carbonyl (C=O) groups excluding carboxylic acids is 1. The first-order chi connectivity index (χ1) is 12.5. The van der Waals surface area contributed by atoms with Gasteiger partial charge in [0.2, 0.25) is 10.0 Å². The topological polar surface area (TPSA) is 78.8 Å². The lowest BCUT2D eigenvalue weighted by Crippen LogP contribution is -2.52. The second-order valence-electron chi connectivity index (χ2n) is 6.53. The van der Waals surface area contributed by atoms with Gasteiger partial charge in [-0.2, -0.15) is 4.31 Å². The number of sulfonamides is 1. The van der Waals surface area contributed by atoms with Gasteiger partial charge < -0.3 is 5.32 Å². The van der Waals surface area contributed by atoms with Crippen molar-refractivity contribution < 1.29 is 13.2 Å². The molecule has 2 aromatic carbocycles. The number of benzene rings is 2. The molecule has 2 aliphatic rings. The molecule has 0 saturated carbocycles. The summed E-state index contributed by atoms with van der Waals surface area (Å²) in [6, 6.07) is 17.7. The van der Waals surface area contributed by atoms with E-state index in [4.69, 9.17) is 0 Å². The van der Waals surface area contributed by atoms with Gasteiger partial charge in [-0.05, 0) is 12.1 Å². The van der Waals surface area contributed by atoms with Crippen LogP contribution < -0.4 is 5.32 Å². The molecule has 0 aliphatic carbocycles. The fourth-order valence-corrected chi connectivity index (χ4v) is 4.89. The van der Waals surface area contributed by atoms with Crippen molar-refractivity contribution in [3.63, 3.8) is 0 Å². The average molecular weight is 369 g/mol. The van der Waals surface area contributed by atoms with E-state index in [1.54, 1.807) is 30.3 Å². The van der Waals surface area contributed by atoms with Crippen LogP contribution in [-0.2, 0) is 14.8 Å². The highest BCUT2D eigenvalue weighted by Gasteiger charge is 2.44. The Bertz CT molecular complexity index is 948. The Morgan fingerprint density at radius 1 is 0.923 bits per heavy atom. The number of rotatable bonds is 3. The van der Waals surface area contributed by atoms with Gasteiger partial charge in [0.15, 0.2) is 0 Å². The van der Waals surface area contributed by atoms with Crippen molar-refractivity contribution in [2.75, 3.05) is 13.1 Å². The second kappa shape index (κ2) is 6.34. The Balaban J connectivity index is 1.54. The van der Waals surface area contributed by atoms with Crippen LogP contribution in [0.1, 0.15) is 18.4 Å². The van der Waals surface area contributed by atoms with E-state index >= 15 is 0 Å². The van der Waals surface area contributed by atoms with Crippen molar-refractivity contribution in [1.29, 1.82) is 0 Å². The number of nitrogens with one attached hydrogen (secondary N) is 1. The molecule has 0 bridgehead atoms. The average Bonchev–Trinajstić information content (AvgIpc) is 2.99. The van der Waals surface area contributed by atoms with E-state index < -0.39 is 15.7 Å². The molecule has 1 amide bonds. The fraction of sp³-hybridized carbons (Fsp3) is 0.263. The molecule has 26 heavy (non-hydrogen) atoms. The number of carbonyl (C=O) groups is 1. The minimum absolute atomic E-state index is 0.199. The molecule has 134 valence electrons. The van der Waals surface area contributed by atoms with Gasteiger partial charge in [-0.3, -0.25) is 9.79 Å². The van der Waals surface area contributed by atoms with Gasteiger partial charge in [0.1, 0.15) is 11.4 Å². The summed E-state index contributed by atoms with van der Waals surface area (Å²) in [5.74, 6) is -0.199. The second-order valence-corrected chi connectivity index (χ2v) is 8.47. The Kier molecular flexibility index (Phi) is 4.13. The highest BCUT2D eigenvalue weighted by molar-refractivity contribution is 7.89. The molecule has 7 heteroatoms. The zero-order valence-electron chi connectivity index (χ0n) is 14.1. The summed E-state index contributed by atoms with van der Waals surface area (Å²) in [5, 5.41) is 2.97. The van der Waals surface area contributed by atoms with E-state index in [9.17, 15) is 13.2 Å². The van der Waals surface area contributed by atoms with Crippen LogP contribution in [0.3, 0.4) is 0 Å². The number of nitrogens with zero attached hydrogens (tertiary/aromatic N) is 2. The molecule has 4 rings (SSSR count). The summed E-state index contributed by atoms with van der Waals surface area (Å²) < 4.78 is 27.0. The standard InChI is InChI=1S/C19H19N3O3S/c23-18-17(15-7-3-1-4-8-15)20-19(21-18)11-13-22(14-12-19)26(24,25)16-9-5-2-6-10-16/h1-10H,11-14H2,(H,21,23). The maximum absolute atomic E-state index is 12.7. The molecule has 0 aromatic heterocycles. The summed E-state index contributed by atoms with van der Waals surface area (Å²) in [7, 11) is -3.52. The largest absolute Gasteiger partial charge is 0.326 e. The first-order valence-corrected chi connectivity index (χ1v) is 9.97. The van der Waals surface area contributed by atoms with E-state index in [0.717, 1.165) is 5.56 Å². The van der Waals surface area contributed by atoms with Crippen LogP contribution in [0.4, 0.5) is 0 Å². The monoisotopic (exact) mass is 369 g/mol. The summed E-state index contributed by atoms with van der Waals surface area (Å²) in [5.41, 5.74) is 0.497. The predicted molar refractivity (Wildman–Crippen MR) is 98.3 cm³/mol. The molecule has 1 spiro atoms. The normalized spacial score (nSPS) is 20.0. The molecule has 0 atom stereocenters. The van der Waals surface area contributed by atoms with Crippen molar-refractivity contribution in [2.24, 2.45) is 4.99 Å². The third-order valence-corrected chi connectivity index (χ3v) is 6.78. The Morgan fingerprint density at radius 3 is 2.12 bits per heavy atom. The number of hydrogen-bond donors (Lipinski definition) is 1. The van der Waals surface area contributed by atoms with Gasteiger partial charge in [-0.1, -0.05) is 48.5 Å². The number of piperidine rings is 1. The van der Waals surface area contributed by atoms with Crippen molar-refractivity contribution in [1.82, 2.24) is 9.62 Å². The van der Waals surface area contributed by atoms with Gasteiger partial charge in [0.05, 0.1) is 4.90 Å². The van der Waals surface area contributed by atoms with Crippen molar-refractivity contribution in [2.45, 2.75) is 23.4 Å². The van der Waals surface area contributed by atoms with E-state index in [-0.39, 0.29) is 5.91 Å². The quantitative estimate of drug-likeness (QED) is 0.896. The Hall–Kier alpha value is -2.51. The summed E-state index contributed by atoms with van der Waals surface area (Å²) in [6.45, 7) is 0.645. The highest BCUT2D eigenvalue weighted by Crippen LogP contribution is 2.31. The van der Waals surface area contributed by atoms with Crippen LogP contribution in [0.2, 0.25) is 0 Å². The van der Waals surface area contributed by atoms with E-state index in [2.05, 4.69) is 10.3 Å². The van der Waals surface area contributed by atoms with Crippen LogP contribution in [0.15, 0.2) is 70.6 Å². The van der Waals surface area contributed by atoms with Gasteiger partial charge in [0.25, 0.3) is 5.91 Å². The number of hydrogen-bond acceptors (Lipinski definition) is 4. The fourth-order valence-electron chi connectivity index (χ4n) is 3.43. The molecular formula is C19H19N3O3S. The molecular weight excluding hydrogens is 350 g/mol. The summed E-state index contributed by atoms with van der Waals surface area (Å²) >= 11 is 0. The molecule has 2 aromatic rings. The SMILES string of the molecule is O=C1NC2(CCN(S(=O)(=O)c3ccccc3)CC2)N=C1c1ccccc1. The molecule has 1 N–H and O–H groups in total. The van der Waals surface area contributed by atoms with Crippen molar-refractivity contribution in [3.8, 4) is 0 Å². The predicted octanol–water partition coefficient (Wildman–Crippen LogP) is 1.79. The smallest absolute Gasteiger partial charge is 0.272 e. The maximum atomic E-state index is 12.7. The summed E-state index contributed by atoms with van der Waals surface area (Å²) in [4.78, 5) is 17.3. The summed E-state index contributed by atoms with van der Waals surface area (Å²) in [6.07, 6.45) is 0.919. The maximum Gasteiger partial charge on any atom is 0.272 e. The molecule has 1 fully saturated rings. The van der Waals surface area contributed by atoms with Gasteiger partial charge in [0, 0.05) is 31.5 Å². The molecule has 6 nitrogen and oxygen atoms in total.